The van der Waals surface area contributed by atoms with Crippen molar-refractivity contribution >= 4 is 29.2 Å². The van der Waals surface area contributed by atoms with Gasteiger partial charge in [-0.25, -0.2) is 0 Å². The molecule has 0 spiro atoms. The van der Waals surface area contributed by atoms with Crippen LogP contribution in [0.3, 0.4) is 0 Å². The Morgan fingerprint density at radius 3 is 2.90 bits per heavy atom. The number of rotatable bonds is 4. The molecule has 2 rings (SSSR count). The summed E-state index contributed by atoms with van der Waals surface area (Å²) in [6, 6.07) is 5.32. The number of hydrogen-bond acceptors (Lipinski definition) is 3. The summed E-state index contributed by atoms with van der Waals surface area (Å²) < 4.78 is 5.16. The molecule has 1 aliphatic rings. The fourth-order valence-corrected chi connectivity index (χ4v) is 3.02. The number of likely N-dealkylation sites (tertiary alicyclic amines) is 1. The van der Waals surface area contributed by atoms with Crippen LogP contribution in [0.15, 0.2) is 18.2 Å². The van der Waals surface area contributed by atoms with Crippen molar-refractivity contribution in [1.82, 2.24) is 4.90 Å². The first-order valence-corrected chi connectivity index (χ1v) is 7.72. The summed E-state index contributed by atoms with van der Waals surface area (Å²) in [5.74, 6) is -0.128. The molecule has 0 radical (unpaired) electrons. The second kappa shape index (κ2) is 7.30. The first-order valence-electron chi connectivity index (χ1n) is 6.96. The lowest BCUT2D eigenvalue weighted by Gasteiger charge is -2.34. The summed E-state index contributed by atoms with van der Waals surface area (Å²) in [4.78, 5) is 14.2. The van der Waals surface area contributed by atoms with Crippen molar-refractivity contribution in [3.05, 3.63) is 33.8 Å². The molecule has 1 aromatic carbocycles. The fourth-order valence-electron chi connectivity index (χ4n) is 2.55. The molecule has 1 atom stereocenters. The average Bonchev–Trinajstić information content (AvgIpc) is 2.43. The predicted molar refractivity (Wildman–Crippen MR) is 81.1 cm³/mol. The third kappa shape index (κ3) is 3.87. The number of halogens is 2. The number of benzene rings is 1. The van der Waals surface area contributed by atoms with E-state index in [0.29, 0.717) is 23.2 Å². The van der Waals surface area contributed by atoms with Gasteiger partial charge in [0.25, 0.3) is 0 Å². The lowest BCUT2D eigenvalue weighted by molar-refractivity contribution is -0.151. The SMILES string of the molecule is CCOC(=O)C1CCCCN1Cc1ccc(Cl)cc1Cl. The quantitative estimate of drug-likeness (QED) is 0.789. The molecular weight excluding hydrogens is 297 g/mol. The Bertz CT molecular complexity index is 479. The first kappa shape index (κ1) is 15.6. The van der Waals surface area contributed by atoms with E-state index >= 15 is 0 Å². The Morgan fingerprint density at radius 2 is 2.20 bits per heavy atom. The van der Waals surface area contributed by atoms with Crippen LogP contribution >= 0.6 is 23.2 Å². The van der Waals surface area contributed by atoms with Crippen LogP contribution in [0.4, 0.5) is 0 Å². The predicted octanol–water partition coefficient (Wildman–Crippen LogP) is 3.91. The zero-order valence-electron chi connectivity index (χ0n) is 11.6. The highest BCUT2D eigenvalue weighted by molar-refractivity contribution is 6.35. The van der Waals surface area contributed by atoms with E-state index in [1.165, 1.54) is 0 Å². The maximum atomic E-state index is 12.0. The summed E-state index contributed by atoms with van der Waals surface area (Å²) in [7, 11) is 0. The molecule has 0 aliphatic carbocycles. The van der Waals surface area contributed by atoms with Crippen LogP contribution in [0.2, 0.25) is 10.0 Å². The van der Waals surface area contributed by atoms with Gasteiger partial charge in [0, 0.05) is 16.6 Å². The van der Waals surface area contributed by atoms with E-state index in [0.717, 1.165) is 31.4 Å². The summed E-state index contributed by atoms with van der Waals surface area (Å²) in [6.45, 7) is 3.80. The molecule has 0 bridgehead atoms. The van der Waals surface area contributed by atoms with Crippen molar-refractivity contribution in [2.45, 2.75) is 38.8 Å². The zero-order valence-corrected chi connectivity index (χ0v) is 13.1. The van der Waals surface area contributed by atoms with Crippen LogP contribution in [-0.4, -0.2) is 30.1 Å². The molecule has 0 N–H and O–H groups in total. The van der Waals surface area contributed by atoms with E-state index in [9.17, 15) is 4.79 Å². The van der Waals surface area contributed by atoms with Gasteiger partial charge in [-0.05, 0) is 44.0 Å². The minimum absolute atomic E-state index is 0.128. The maximum absolute atomic E-state index is 12.0. The van der Waals surface area contributed by atoms with E-state index in [1.54, 1.807) is 6.07 Å². The van der Waals surface area contributed by atoms with Gasteiger partial charge in [-0.1, -0.05) is 35.7 Å². The van der Waals surface area contributed by atoms with Crippen molar-refractivity contribution in [3.63, 3.8) is 0 Å². The Kier molecular flexibility index (Phi) is 5.70. The van der Waals surface area contributed by atoms with Gasteiger partial charge in [-0.3, -0.25) is 9.69 Å². The Hall–Kier alpha value is -0.770. The van der Waals surface area contributed by atoms with Gasteiger partial charge in [-0.15, -0.1) is 0 Å². The van der Waals surface area contributed by atoms with Gasteiger partial charge in [0.05, 0.1) is 6.61 Å². The fraction of sp³-hybridized carbons (Fsp3) is 0.533. The smallest absolute Gasteiger partial charge is 0.323 e. The van der Waals surface area contributed by atoms with Crippen molar-refractivity contribution in [3.8, 4) is 0 Å². The van der Waals surface area contributed by atoms with Crippen LogP contribution in [0.25, 0.3) is 0 Å². The van der Waals surface area contributed by atoms with Gasteiger partial charge < -0.3 is 4.74 Å². The summed E-state index contributed by atoms with van der Waals surface area (Å²) in [5.41, 5.74) is 0.993. The highest BCUT2D eigenvalue weighted by Gasteiger charge is 2.30. The van der Waals surface area contributed by atoms with Crippen molar-refractivity contribution in [2.24, 2.45) is 0 Å². The third-order valence-electron chi connectivity index (χ3n) is 3.56. The minimum atomic E-state index is -0.157. The molecule has 0 amide bonds. The van der Waals surface area contributed by atoms with E-state index in [-0.39, 0.29) is 12.0 Å². The highest BCUT2D eigenvalue weighted by Crippen LogP contribution is 2.26. The van der Waals surface area contributed by atoms with Crippen LogP contribution < -0.4 is 0 Å². The monoisotopic (exact) mass is 315 g/mol. The number of carbonyl (C=O) groups excluding carboxylic acids is 1. The molecule has 20 heavy (non-hydrogen) atoms. The summed E-state index contributed by atoms with van der Waals surface area (Å²) >= 11 is 12.1. The molecule has 5 heteroatoms. The third-order valence-corrected chi connectivity index (χ3v) is 4.15. The molecule has 3 nitrogen and oxygen atoms in total. The van der Waals surface area contributed by atoms with Crippen molar-refractivity contribution in [2.75, 3.05) is 13.2 Å². The molecule has 1 saturated heterocycles. The summed E-state index contributed by atoms with van der Waals surface area (Å²) in [6.07, 6.45) is 3.01. The minimum Gasteiger partial charge on any atom is -0.465 e. The molecule has 1 heterocycles. The molecule has 1 fully saturated rings. The van der Waals surface area contributed by atoms with Crippen molar-refractivity contribution in [1.29, 1.82) is 0 Å². The molecule has 1 aliphatic heterocycles. The van der Waals surface area contributed by atoms with Gasteiger partial charge in [-0.2, -0.15) is 0 Å². The van der Waals surface area contributed by atoms with E-state index in [4.69, 9.17) is 27.9 Å². The van der Waals surface area contributed by atoms with Gasteiger partial charge in [0.2, 0.25) is 0 Å². The number of hydrogen-bond donors (Lipinski definition) is 0. The van der Waals surface area contributed by atoms with Crippen LogP contribution in [0.1, 0.15) is 31.7 Å². The van der Waals surface area contributed by atoms with Crippen LogP contribution in [0, 0.1) is 0 Å². The van der Waals surface area contributed by atoms with Gasteiger partial charge >= 0.3 is 5.97 Å². The van der Waals surface area contributed by atoms with Gasteiger partial charge in [0.1, 0.15) is 6.04 Å². The van der Waals surface area contributed by atoms with E-state index < -0.39 is 0 Å². The van der Waals surface area contributed by atoms with Crippen LogP contribution in [-0.2, 0) is 16.1 Å². The molecule has 110 valence electrons. The lowest BCUT2D eigenvalue weighted by Crippen LogP contribution is -2.45. The maximum Gasteiger partial charge on any atom is 0.323 e. The number of esters is 1. The first-order chi connectivity index (χ1) is 9.61. The topological polar surface area (TPSA) is 29.5 Å². The summed E-state index contributed by atoms with van der Waals surface area (Å²) in [5, 5.41) is 1.27. The Labute approximate surface area is 129 Å². The Balaban J connectivity index is 2.10. The number of piperidine rings is 1. The van der Waals surface area contributed by atoms with Gasteiger partial charge in [0.15, 0.2) is 0 Å². The molecule has 1 unspecified atom stereocenters. The number of carbonyl (C=O) groups is 1. The Morgan fingerprint density at radius 1 is 1.40 bits per heavy atom. The number of ether oxygens (including phenoxy) is 1. The largest absolute Gasteiger partial charge is 0.465 e. The highest BCUT2D eigenvalue weighted by atomic mass is 35.5. The molecule has 1 aromatic rings. The molecule has 0 saturated carbocycles. The zero-order chi connectivity index (χ0) is 14.5. The molecule has 0 aromatic heterocycles. The molecular formula is C15H19Cl2NO2. The second-order valence-corrected chi connectivity index (χ2v) is 5.81. The normalized spacial score (nSPS) is 19.9. The second-order valence-electron chi connectivity index (χ2n) is 4.97. The number of nitrogens with zero attached hydrogens (tertiary/aromatic N) is 1. The standard InChI is InChI=1S/C15H19Cl2NO2/c1-2-20-15(19)14-5-3-4-8-18(14)10-11-6-7-12(16)9-13(11)17/h6-7,9,14H,2-5,8,10H2,1H3. The van der Waals surface area contributed by atoms with E-state index in [1.807, 2.05) is 19.1 Å². The lowest BCUT2D eigenvalue weighted by atomic mass is 10.0. The average molecular weight is 316 g/mol. The van der Waals surface area contributed by atoms with E-state index in [2.05, 4.69) is 4.90 Å². The van der Waals surface area contributed by atoms with Crippen molar-refractivity contribution < 1.29 is 9.53 Å². The van der Waals surface area contributed by atoms with Crippen LogP contribution in [0.5, 0.6) is 0 Å².